The third-order valence-electron chi connectivity index (χ3n) is 2.53. The Kier molecular flexibility index (Phi) is 5.88. The van der Waals surface area contributed by atoms with Crippen LogP contribution in [0.3, 0.4) is 0 Å². The summed E-state index contributed by atoms with van der Waals surface area (Å²) in [6.45, 7) is 3.02. The van der Waals surface area contributed by atoms with Crippen LogP contribution in [-0.4, -0.2) is 41.7 Å². The summed E-state index contributed by atoms with van der Waals surface area (Å²) in [5.74, 6) is -0.643. The normalized spacial score (nSPS) is 11.9. The standard InChI is InChI=1S/C12H18N4O4/c1-8(17)7-14-4-5-15-10-6-9(12(13)18)2-3-11(10)16(19)20/h2-3,6,8,14-15,17H,4-5,7H2,1H3,(H2,13,18). The highest BCUT2D eigenvalue weighted by Gasteiger charge is 2.15. The zero-order chi connectivity index (χ0) is 15.1. The van der Waals surface area contributed by atoms with E-state index in [-0.39, 0.29) is 16.9 Å². The Labute approximate surface area is 116 Å². The average molecular weight is 282 g/mol. The Morgan fingerprint density at radius 3 is 2.75 bits per heavy atom. The van der Waals surface area contributed by atoms with Gasteiger partial charge in [-0.1, -0.05) is 0 Å². The SMILES string of the molecule is CC(O)CNCCNc1cc(C(N)=O)ccc1[N+](=O)[O-]. The molecule has 1 amide bonds. The van der Waals surface area contributed by atoms with Crippen molar-refractivity contribution < 1.29 is 14.8 Å². The molecule has 110 valence electrons. The minimum atomic E-state index is -0.643. The van der Waals surface area contributed by atoms with Crippen molar-refractivity contribution in [2.45, 2.75) is 13.0 Å². The largest absolute Gasteiger partial charge is 0.392 e. The van der Waals surface area contributed by atoms with E-state index in [1.54, 1.807) is 6.92 Å². The molecule has 0 bridgehead atoms. The highest BCUT2D eigenvalue weighted by molar-refractivity contribution is 5.94. The summed E-state index contributed by atoms with van der Waals surface area (Å²) in [5, 5.41) is 25.8. The van der Waals surface area contributed by atoms with Gasteiger partial charge in [-0.2, -0.15) is 0 Å². The van der Waals surface area contributed by atoms with Crippen molar-refractivity contribution >= 4 is 17.3 Å². The van der Waals surface area contributed by atoms with E-state index >= 15 is 0 Å². The number of benzene rings is 1. The van der Waals surface area contributed by atoms with Gasteiger partial charge in [-0.15, -0.1) is 0 Å². The molecule has 0 fully saturated rings. The van der Waals surface area contributed by atoms with Gasteiger partial charge in [0.1, 0.15) is 5.69 Å². The summed E-state index contributed by atoms with van der Waals surface area (Å²) < 4.78 is 0. The van der Waals surface area contributed by atoms with Gasteiger partial charge in [0.15, 0.2) is 0 Å². The van der Waals surface area contributed by atoms with Crippen molar-refractivity contribution in [1.29, 1.82) is 0 Å². The van der Waals surface area contributed by atoms with E-state index < -0.39 is 16.9 Å². The van der Waals surface area contributed by atoms with E-state index in [0.717, 1.165) is 0 Å². The number of hydrogen-bond acceptors (Lipinski definition) is 6. The number of carbonyl (C=O) groups excluding carboxylic acids is 1. The lowest BCUT2D eigenvalue weighted by Gasteiger charge is -2.10. The number of hydrogen-bond donors (Lipinski definition) is 4. The predicted molar refractivity (Wildman–Crippen MR) is 74.7 cm³/mol. The highest BCUT2D eigenvalue weighted by Crippen LogP contribution is 2.25. The first-order valence-electron chi connectivity index (χ1n) is 6.12. The monoisotopic (exact) mass is 282 g/mol. The van der Waals surface area contributed by atoms with Crippen LogP contribution in [0.15, 0.2) is 18.2 Å². The molecule has 8 nitrogen and oxygen atoms in total. The van der Waals surface area contributed by atoms with Crippen LogP contribution in [0.25, 0.3) is 0 Å². The molecule has 0 radical (unpaired) electrons. The van der Waals surface area contributed by atoms with Gasteiger partial charge in [-0.05, 0) is 19.1 Å². The second kappa shape index (κ2) is 7.41. The fourth-order valence-electron chi connectivity index (χ4n) is 1.59. The number of nitrogens with zero attached hydrogens (tertiary/aromatic N) is 1. The van der Waals surface area contributed by atoms with Gasteiger partial charge < -0.3 is 21.5 Å². The lowest BCUT2D eigenvalue weighted by molar-refractivity contribution is -0.384. The van der Waals surface area contributed by atoms with Crippen molar-refractivity contribution in [2.75, 3.05) is 25.0 Å². The zero-order valence-electron chi connectivity index (χ0n) is 11.1. The maximum atomic E-state index is 11.1. The van der Waals surface area contributed by atoms with Gasteiger partial charge in [-0.3, -0.25) is 14.9 Å². The molecule has 1 atom stereocenters. The van der Waals surface area contributed by atoms with Gasteiger partial charge in [0.2, 0.25) is 5.91 Å². The molecule has 5 N–H and O–H groups in total. The number of aliphatic hydroxyl groups is 1. The van der Waals surface area contributed by atoms with Crippen LogP contribution in [0.2, 0.25) is 0 Å². The molecule has 0 aliphatic carbocycles. The number of carbonyl (C=O) groups is 1. The summed E-state index contributed by atoms with van der Waals surface area (Å²) in [6.07, 6.45) is -0.456. The average Bonchev–Trinajstić information content (AvgIpc) is 2.37. The lowest BCUT2D eigenvalue weighted by Crippen LogP contribution is -2.29. The molecule has 0 saturated carbocycles. The van der Waals surface area contributed by atoms with E-state index in [2.05, 4.69) is 10.6 Å². The fourth-order valence-corrected chi connectivity index (χ4v) is 1.59. The molecule has 20 heavy (non-hydrogen) atoms. The van der Waals surface area contributed by atoms with Gasteiger partial charge in [0, 0.05) is 31.3 Å². The molecule has 1 unspecified atom stereocenters. The van der Waals surface area contributed by atoms with Crippen molar-refractivity contribution in [1.82, 2.24) is 5.32 Å². The summed E-state index contributed by atoms with van der Waals surface area (Å²) in [4.78, 5) is 21.4. The summed E-state index contributed by atoms with van der Waals surface area (Å²) in [5.41, 5.74) is 5.47. The number of rotatable bonds is 8. The first kappa shape index (κ1) is 15.9. The van der Waals surface area contributed by atoms with Crippen LogP contribution in [0.5, 0.6) is 0 Å². The Balaban J connectivity index is 2.68. The lowest BCUT2D eigenvalue weighted by atomic mass is 10.1. The molecule has 0 aromatic heterocycles. The van der Waals surface area contributed by atoms with E-state index in [4.69, 9.17) is 10.8 Å². The van der Waals surface area contributed by atoms with Crippen molar-refractivity contribution in [3.63, 3.8) is 0 Å². The molecule has 1 aromatic carbocycles. The third-order valence-corrected chi connectivity index (χ3v) is 2.53. The van der Waals surface area contributed by atoms with Crippen LogP contribution in [0.1, 0.15) is 17.3 Å². The highest BCUT2D eigenvalue weighted by atomic mass is 16.6. The number of aliphatic hydroxyl groups excluding tert-OH is 1. The van der Waals surface area contributed by atoms with E-state index in [1.807, 2.05) is 0 Å². The number of nitrogens with two attached hydrogens (primary N) is 1. The molecule has 0 aliphatic heterocycles. The molecular formula is C12H18N4O4. The van der Waals surface area contributed by atoms with E-state index in [1.165, 1.54) is 18.2 Å². The van der Waals surface area contributed by atoms with Gasteiger partial charge in [0.25, 0.3) is 5.69 Å². The quantitative estimate of drug-likeness (QED) is 0.303. The molecule has 0 aliphatic rings. The summed E-state index contributed by atoms with van der Waals surface area (Å²) in [7, 11) is 0. The summed E-state index contributed by atoms with van der Waals surface area (Å²) >= 11 is 0. The van der Waals surface area contributed by atoms with Crippen LogP contribution < -0.4 is 16.4 Å². The van der Waals surface area contributed by atoms with Crippen LogP contribution in [0.4, 0.5) is 11.4 Å². The minimum Gasteiger partial charge on any atom is -0.392 e. The number of amides is 1. The van der Waals surface area contributed by atoms with Crippen LogP contribution in [-0.2, 0) is 0 Å². The molecule has 8 heteroatoms. The number of nitro benzene ring substituents is 1. The molecule has 1 aromatic rings. The van der Waals surface area contributed by atoms with Crippen molar-refractivity contribution in [3.8, 4) is 0 Å². The van der Waals surface area contributed by atoms with Gasteiger partial charge in [0.05, 0.1) is 11.0 Å². The summed E-state index contributed by atoms with van der Waals surface area (Å²) in [6, 6.07) is 3.91. The Morgan fingerprint density at radius 1 is 1.50 bits per heavy atom. The number of primary amides is 1. The molecular weight excluding hydrogens is 264 g/mol. The predicted octanol–water partition coefficient (Wildman–Crippen LogP) is 0.0760. The van der Waals surface area contributed by atoms with Gasteiger partial charge >= 0.3 is 0 Å². The number of nitrogens with one attached hydrogen (secondary N) is 2. The van der Waals surface area contributed by atoms with Gasteiger partial charge in [-0.25, -0.2) is 0 Å². The topological polar surface area (TPSA) is 131 Å². The number of anilines is 1. The zero-order valence-corrected chi connectivity index (χ0v) is 11.1. The molecule has 0 saturated heterocycles. The molecule has 0 spiro atoms. The second-order valence-electron chi connectivity index (χ2n) is 4.33. The fraction of sp³-hybridized carbons (Fsp3) is 0.417. The minimum absolute atomic E-state index is 0.120. The molecule has 1 rings (SSSR count). The maximum absolute atomic E-state index is 11.1. The van der Waals surface area contributed by atoms with Crippen LogP contribution >= 0.6 is 0 Å². The Bertz CT molecular complexity index is 490. The van der Waals surface area contributed by atoms with Crippen molar-refractivity contribution in [2.24, 2.45) is 5.73 Å². The third kappa shape index (κ3) is 4.82. The Hall–Kier alpha value is -2.19. The first-order valence-corrected chi connectivity index (χ1v) is 6.12. The smallest absolute Gasteiger partial charge is 0.292 e. The van der Waals surface area contributed by atoms with Crippen LogP contribution in [0, 0.1) is 10.1 Å². The van der Waals surface area contributed by atoms with Crippen molar-refractivity contribution in [3.05, 3.63) is 33.9 Å². The van der Waals surface area contributed by atoms with E-state index in [0.29, 0.717) is 19.6 Å². The first-order chi connectivity index (χ1) is 9.41. The number of nitro groups is 1. The Morgan fingerprint density at radius 2 is 2.20 bits per heavy atom. The second-order valence-corrected chi connectivity index (χ2v) is 4.33. The molecule has 0 heterocycles. The maximum Gasteiger partial charge on any atom is 0.292 e. The van der Waals surface area contributed by atoms with E-state index in [9.17, 15) is 14.9 Å².